The number of halogens is 3. The molecule has 0 fully saturated rings. The van der Waals surface area contributed by atoms with Gasteiger partial charge in [0.1, 0.15) is 4.70 Å². The molecule has 12 heteroatoms. The van der Waals surface area contributed by atoms with Crippen LogP contribution in [0.5, 0.6) is 0 Å². The molecule has 0 aliphatic heterocycles. The summed E-state index contributed by atoms with van der Waals surface area (Å²) in [7, 11) is 1.68. The summed E-state index contributed by atoms with van der Waals surface area (Å²) in [6, 6.07) is 5.31. The smallest absolute Gasteiger partial charge is 0.291 e. The lowest BCUT2D eigenvalue weighted by Crippen LogP contribution is -2.38. The molecule has 0 radical (unpaired) electrons. The van der Waals surface area contributed by atoms with Gasteiger partial charge in [0.2, 0.25) is 0 Å². The van der Waals surface area contributed by atoms with E-state index < -0.39 is 22.9 Å². The number of rotatable bonds is 4. The van der Waals surface area contributed by atoms with Crippen molar-refractivity contribution in [1.82, 2.24) is 23.9 Å². The summed E-state index contributed by atoms with van der Waals surface area (Å²) in [4.78, 5) is 31.6. The molecule has 4 aromatic heterocycles. The average molecular weight is 499 g/mol. The van der Waals surface area contributed by atoms with Crippen LogP contribution in [0.15, 0.2) is 46.4 Å². The van der Waals surface area contributed by atoms with Crippen LogP contribution < -0.4 is 11.2 Å². The maximum absolute atomic E-state index is 13.9. The first-order valence-corrected chi connectivity index (χ1v) is 11.1. The van der Waals surface area contributed by atoms with E-state index in [2.05, 4.69) is 10.1 Å². The molecule has 0 N–H and O–H groups in total. The van der Waals surface area contributed by atoms with Crippen molar-refractivity contribution in [2.24, 2.45) is 7.05 Å². The van der Waals surface area contributed by atoms with Crippen LogP contribution in [0.2, 0.25) is 5.02 Å². The molecule has 170 valence electrons. The molecule has 5 rings (SSSR count). The van der Waals surface area contributed by atoms with Gasteiger partial charge in [0, 0.05) is 35.6 Å². The molecule has 0 unspecified atom stereocenters. The van der Waals surface area contributed by atoms with Gasteiger partial charge in [-0.2, -0.15) is 10.4 Å². The first kappa shape index (κ1) is 21.9. The number of thiophene rings is 1. The number of fused-ring (bicyclic) bond motifs is 2. The van der Waals surface area contributed by atoms with E-state index in [0.717, 1.165) is 28.0 Å². The quantitative estimate of drug-likeness (QED) is 0.349. The topological polar surface area (TPSA) is 98.5 Å². The number of benzene rings is 1. The monoisotopic (exact) mass is 498 g/mol. The Kier molecular flexibility index (Phi) is 5.27. The lowest BCUT2D eigenvalue weighted by atomic mass is 10.1. The molecular formula is C22H13ClF2N6O2S. The van der Waals surface area contributed by atoms with E-state index in [1.807, 2.05) is 6.07 Å². The second-order valence-corrected chi connectivity index (χ2v) is 8.88. The van der Waals surface area contributed by atoms with Crippen molar-refractivity contribution >= 4 is 44.1 Å². The summed E-state index contributed by atoms with van der Waals surface area (Å²) in [5.41, 5.74) is -0.0563. The van der Waals surface area contributed by atoms with E-state index >= 15 is 0 Å². The van der Waals surface area contributed by atoms with Crippen molar-refractivity contribution in [3.8, 4) is 22.2 Å². The summed E-state index contributed by atoms with van der Waals surface area (Å²) in [5, 5.41) is 13.9. The van der Waals surface area contributed by atoms with Crippen LogP contribution in [-0.4, -0.2) is 23.9 Å². The number of nitriles is 1. The van der Waals surface area contributed by atoms with Gasteiger partial charge in [-0.25, -0.2) is 18.1 Å². The molecule has 0 amide bonds. The predicted molar refractivity (Wildman–Crippen MR) is 124 cm³/mol. The van der Waals surface area contributed by atoms with Gasteiger partial charge < -0.3 is 0 Å². The third kappa shape index (κ3) is 3.30. The third-order valence-corrected chi connectivity index (χ3v) is 6.86. The molecule has 0 atom stereocenters. The zero-order valence-corrected chi connectivity index (χ0v) is 19.0. The van der Waals surface area contributed by atoms with Crippen LogP contribution in [0.4, 0.5) is 8.78 Å². The minimum Gasteiger partial charge on any atom is -0.291 e. The van der Waals surface area contributed by atoms with Crippen LogP contribution in [0, 0.1) is 23.0 Å². The fourth-order valence-corrected chi connectivity index (χ4v) is 5.29. The fraction of sp³-hybridized carbons (Fsp3) is 0.136. The average Bonchev–Trinajstić information content (AvgIpc) is 3.41. The first-order valence-electron chi connectivity index (χ1n) is 9.89. The second kappa shape index (κ2) is 8.16. The normalized spacial score (nSPS) is 11.4. The van der Waals surface area contributed by atoms with Crippen LogP contribution in [-0.2, 0) is 13.6 Å². The molecule has 5 aromatic rings. The fourth-order valence-electron chi connectivity index (χ4n) is 3.86. The summed E-state index contributed by atoms with van der Waals surface area (Å²) in [6.07, 6.45) is 4.54. The van der Waals surface area contributed by atoms with Crippen molar-refractivity contribution in [1.29, 1.82) is 5.26 Å². The Balaban J connectivity index is 1.87. The summed E-state index contributed by atoms with van der Waals surface area (Å²) in [5.74, 6) is -2.19. The van der Waals surface area contributed by atoms with Crippen LogP contribution >= 0.6 is 22.9 Å². The maximum Gasteiger partial charge on any atom is 0.336 e. The zero-order valence-electron chi connectivity index (χ0n) is 17.4. The van der Waals surface area contributed by atoms with Gasteiger partial charge in [-0.3, -0.25) is 19.0 Å². The number of hydrogen-bond acceptors (Lipinski definition) is 6. The van der Waals surface area contributed by atoms with Crippen molar-refractivity contribution in [2.45, 2.75) is 13.0 Å². The standard InChI is InChI=1S/C22H13ClF2N6O2S/c1-29-19-11(9-28-29)8-27-10-17(19)31-21(32)20-16(30(22(31)33)4-2-3-26)7-18(34-20)12-5-14(24)15(25)6-13(12)23/h5-10H,2,4H2,1H3. The highest BCUT2D eigenvalue weighted by molar-refractivity contribution is 7.22. The second-order valence-electron chi connectivity index (χ2n) is 7.42. The van der Waals surface area contributed by atoms with Crippen molar-refractivity contribution in [2.75, 3.05) is 0 Å². The first-order chi connectivity index (χ1) is 16.3. The SMILES string of the molecule is Cn1ncc2cncc(-n3c(=O)c4sc(-c5cc(F)c(F)cc5Cl)cc4n(CCC#N)c3=O)c21. The van der Waals surface area contributed by atoms with E-state index in [4.69, 9.17) is 16.9 Å². The number of aromatic nitrogens is 5. The highest BCUT2D eigenvalue weighted by atomic mass is 35.5. The van der Waals surface area contributed by atoms with Gasteiger partial charge in [0.25, 0.3) is 5.56 Å². The Morgan fingerprint density at radius 1 is 1.15 bits per heavy atom. The summed E-state index contributed by atoms with van der Waals surface area (Å²) >= 11 is 7.13. The van der Waals surface area contributed by atoms with Crippen molar-refractivity contribution in [3.05, 3.63) is 74.3 Å². The lowest BCUT2D eigenvalue weighted by molar-refractivity contribution is 0.509. The number of hydrogen-bond donors (Lipinski definition) is 0. The molecular weight excluding hydrogens is 486 g/mol. The van der Waals surface area contributed by atoms with Crippen LogP contribution in [0.25, 0.3) is 37.2 Å². The minimum absolute atomic E-state index is 0.0124. The van der Waals surface area contributed by atoms with E-state index in [1.165, 1.54) is 21.5 Å². The lowest BCUT2D eigenvalue weighted by Gasteiger charge is -2.12. The van der Waals surface area contributed by atoms with Gasteiger partial charge in [-0.1, -0.05) is 11.6 Å². The molecule has 8 nitrogen and oxygen atoms in total. The summed E-state index contributed by atoms with van der Waals surface area (Å²) in [6.45, 7) is 0.0165. The highest BCUT2D eigenvalue weighted by Crippen LogP contribution is 2.37. The Morgan fingerprint density at radius 3 is 2.68 bits per heavy atom. The minimum atomic E-state index is -1.10. The largest absolute Gasteiger partial charge is 0.336 e. The molecule has 0 aliphatic rings. The van der Waals surface area contributed by atoms with E-state index in [1.54, 1.807) is 19.4 Å². The van der Waals surface area contributed by atoms with E-state index in [0.29, 0.717) is 15.8 Å². The van der Waals surface area contributed by atoms with Gasteiger partial charge in [0.15, 0.2) is 11.6 Å². The molecule has 0 saturated carbocycles. The van der Waals surface area contributed by atoms with Gasteiger partial charge in [0.05, 0.1) is 46.6 Å². The Labute approximate surface area is 198 Å². The molecule has 34 heavy (non-hydrogen) atoms. The molecule has 0 aliphatic carbocycles. The molecule has 4 heterocycles. The van der Waals surface area contributed by atoms with Crippen LogP contribution in [0.3, 0.4) is 0 Å². The van der Waals surface area contributed by atoms with E-state index in [9.17, 15) is 18.4 Å². The summed E-state index contributed by atoms with van der Waals surface area (Å²) < 4.78 is 31.5. The zero-order chi connectivity index (χ0) is 24.1. The van der Waals surface area contributed by atoms with Gasteiger partial charge in [-0.05, 0) is 18.2 Å². The third-order valence-electron chi connectivity index (χ3n) is 5.41. The van der Waals surface area contributed by atoms with Gasteiger partial charge in [-0.15, -0.1) is 11.3 Å². The Bertz CT molecular complexity index is 1780. The predicted octanol–water partition coefficient (Wildman–Crippen LogP) is 4.01. The van der Waals surface area contributed by atoms with Crippen molar-refractivity contribution < 1.29 is 8.78 Å². The van der Waals surface area contributed by atoms with Gasteiger partial charge >= 0.3 is 5.69 Å². The number of aryl methyl sites for hydroxylation is 2. The number of nitrogens with zero attached hydrogens (tertiary/aromatic N) is 6. The molecule has 0 bridgehead atoms. The van der Waals surface area contributed by atoms with E-state index in [-0.39, 0.29) is 39.5 Å². The maximum atomic E-state index is 13.9. The molecule has 0 saturated heterocycles. The van der Waals surface area contributed by atoms with Crippen LogP contribution in [0.1, 0.15) is 6.42 Å². The number of pyridine rings is 1. The Morgan fingerprint density at radius 2 is 1.91 bits per heavy atom. The molecule has 0 spiro atoms. The Hall–Kier alpha value is -3.88. The highest BCUT2D eigenvalue weighted by Gasteiger charge is 2.22. The molecule has 1 aromatic carbocycles. The van der Waals surface area contributed by atoms with Crippen molar-refractivity contribution in [3.63, 3.8) is 0 Å².